The van der Waals surface area contributed by atoms with Crippen LogP contribution in [0.3, 0.4) is 0 Å². The van der Waals surface area contributed by atoms with Crippen LogP contribution < -0.4 is 15.5 Å². The molecule has 1 saturated heterocycles. The molecule has 3 rings (SSSR count). The first-order chi connectivity index (χ1) is 11.8. The van der Waals surface area contributed by atoms with E-state index in [1.54, 1.807) is 6.07 Å². The fraction of sp³-hybridized carbons (Fsp3) is 0.389. The van der Waals surface area contributed by atoms with Gasteiger partial charge in [0.1, 0.15) is 0 Å². The predicted molar refractivity (Wildman–Crippen MR) is 95.3 cm³/mol. The topological polar surface area (TPSA) is 70.2 Å². The molecule has 2 N–H and O–H groups in total. The molecule has 1 aromatic carbocycles. The van der Waals surface area contributed by atoms with E-state index in [0.29, 0.717) is 12.2 Å². The van der Waals surface area contributed by atoms with Crippen molar-refractivity contribution in [1.29, 1.82) is 0 Å². The molecule has 0 saturated carbocycles. The lowest BCUT2D eigenvalue weighted by atomic mass is 10.1. The van der Waals surface area contributed by atoms with Gasteiger partial charge in [-0.3, -0.25) is 4.79 Å². The number of carbonyl (C=O) groups is 1. The number of amides is 1. The molecule has 126 valence electrons. The zero-order valence-electron chi connectivity index (χ0n) is 14.0. The molecule has 0 radical (unpaired) electrons. The van der Waals surface area contributed by atoms with Crippen LogP contribution in [0.1, 0.15) is 35.8 Å². The monoisotopic (exact) mass is 325 g/mol. The van der Waals surface area contributed by atoms with Gasteiger partial charge in [-0.05, 0) is 43.1 Å². The van der Waals surface area contributed by atoms with E-state index in [0.717, 1.165) is 36.7 Å². The van der Waals surface area contributed by atoms with E-state index in [9.17, 15) is 4.79 Å². The minimum atomic E-state index is -0.237. The molecule has 0 atom stereocenters. The summed E-state index contributed by atoms with van der Waals surface area (Å²) in [5.41, 5.74) is 2.18. The highest BCUT2D eigenvalue weighted by atomic mass is 16.1. The molecule has 1 amide bonds. The van der Waals surface area contributed by atoms with E-state index in [1.807, 2.05) is 30.3 Å². The van der Waals surface area contributed by atoms with Crippen LogP contribution in [0.4, 0.5) is 11.5 Å². The maximum absolute atomic E-state index is 12.4. The third-order valence-corrected chi connectivity index (χ3v) is 4.14. The number of hydrogen-bond donors (Lipinski definition) is 2. The smallest absolute Gasteiger partial charge is 0.276 e. The molecule has 1 fully saturated rings. The van der Waals surface area contributed by atoms with Gasteiger partial charge in [0.25, 0.3) is 5.91 Å². The van der Waals surface area contributed by atoms with E-state index < -0.39 is 0 Å². The van der Waals surface area contributed by atoms with E-state index in [1.165, 1.54) is 12.8 Å². The maximum Gasteiger partial charge on any atom is 0.276 e. The van der Waals surface area contributed by atoms with Crippen LogP contribution in [-0.4, -0.2) is 35.7 Å². The number of nitrogens with one attached hydrogen (secondary N) is 2. The standard InChI is InChI=1S/C18H23N5O/c1-2-19-13-14-7-3-4-8-15(14)20-18(24)16-9-10-17(22-21-16)23-11-5-6-12-23/h3-4,7-10,19H,2,5-6,11-13H2,1H3,(H,20,24). The van der Waals surface area contributed by atoms with Crippen LogP contribution >= 0.6 is 0 Å². The number of benzene rings is 1. The molecule has 1 aliphatic rings. The van der Waals surface area contributed by atoms with Crippen LogP contribution in [-0.2, 0) is 6.54 Å². The summed E-state index contributed by atoms with van der Waals surface area (Å²) in [6.45, 7) is 5.67. The molecular formula is C18H23N5O. The molecule has 2 aromatic rings. The summed E-state index contributed by atoms with van der Waals surface area (Å²) in [6.07, 6.45) is 2.37. The quantitative estimate of drug-likeness (QED) is 0.854. The summed E-state index contributed by atoms with van der Waals surface area (Å²) in [6, 6.07) is 11.4. The van der Waals surface area contributed by atoms with E-state index in [4.69, 9.17) is 0 Å². The van der Waals surface area contributed by atoms with Gasteiger partial charge in [-0.25, -0.2) is 0 Å². The SMILES string of the molecule is CCNCc1ccccc1NC(=O)c1ccc(N2CCCC2)nn1. The Kier molecular flexibility index (Phi) is 5.38. The second kappa shape index (κ2) is 7.88. The zero-order chi connectivity index (χ0) is 16.8. The van der Waals surface area contributed by atoms with Gasteiger partial charge >= 0.3 is 0 Å². The average Bonchev–Trinajstić information content (AvgIpc) is 3.16. The first-order valence-corrected chi connectivity index (χ1v) is 8.46. The number of hydrogen-bond acceptors (Lipinski definition) is 5. The molecule has 6 heteroatoms. The van der Waals surface area contributed by atoms with Gasteiger partial charge in [-0.2, -0.15) is 0 Å². The summed E-state index contributed by atoms with van der Waals surface area (Å²) in [4.78, 5) is 14.6. The molecule has 24 heavy (non-hydrogen) atoms. The van der Waals surface area contributed by atoms with Gasteiger partial charge in [0.2, 0.25) is 0 Å². The molecule has 1 aliphatic heterocycles. The largest absolute Gasteiger partial charge is 0.355 e. The zero-order valence-corrected chi connectivity index (χ0v) is 14.0. The van der Waals surface area contributed by atoms with Crippen LogP contribution in [0.5, 0.6) is 0 Å². The second-order valence-corrected chi connectivity index (χ2v) is 5.86. The third kappa shape index (κ3) is 3.89. The summed E-state index contributed by atoms with van der Waals surface area (Å²) < 4.78 is 0. The van der Waals surface area contributed by atoms with E-state index in [-0.39, 0.29) is 5.91 Å². The van der Waals surface area contributed by atoms with Gasteiger partial charge in [0.05, 0.1) is 0 Å². The number of anilines is 2. The molecule has 0 aliphatic carbocycles. The fourth-order valence-electron chi connectivity index (χ4n) is 2.80. The Morgan fingerprint density at radius 3 is 2.62 bits per heavy atom. The average molecular weight is 325 g/mol. The summed E-state index contributed by atoms with van der Waals surface area (Å²) in [7, 11) is 0. The number of carbonyl (C=O) groups excluding carboxylic acids is 1. The van der Waals surface area contributed by atoms with Crippen molar-refractivity contribution in [3.63, 3.8) is 0 Å². The Morgan fingerprint density at radius 1 is 1.12 bits per heavy atom. The first-order valence-electron chi connectivity index (χ1n) is 8.46. The Balaban J connectivity index is 1.68. The molecule has 0 bridgehead atoms. The lowest BCUT2D eigenvalue weighted by molar-refractivity contribution is 0.102. The number of rotatable bonds is 6. The summed E-state index contributed by atoms with van der Waals surface area (Å²) in [5.74, 6) is 0.607. The minimum Gasteiger partial charge on any atom is -0.355 e. The van der Waals surface area contributed by atoms with Crippen molar-refractivity contribution in [1.82, 2.24) is 15.5 Å². The van der Waals surface area contributed by atoms with Gasteiger partial charge in [0, 0.05) is 25.3 Å². The number of nitrogens with zero attached hydrogens (tertiary/aromatic N) is 3. The molecule has 1 aromatic heterocycles. The lowest BCUT2D eigenvalue weighted by Crippen LogP contribution is -2.21. The van der Waals surface area contributed by atoms with Gasteiger partial charge in [0.15, 0.2) is 11.5 Å². The molecule has 2 heterocycles. The molecule has 6 nitrogen and oxygen atoms in total. The van der Waals surface area contributed by atoms with Crippen LogP contribution in [0, 0.1) is 0 Å². The van der Waals surface area contributed by atoms with Crippen molar-refractivity contribution in [3.05, 3.63) is 47.7 Å². The van der Waals surface area contributed by atoms with E-state index >= 15 is 0 Å². The normalized spacial score (nSPS) is 14.0. The molecule has 0 spiro atoms. The van der Waals surface area contributed by atoms with Crippen molar-refractivity contribution in [2.24, 2.45) is 0 Å². The van der Waals surface area contributed by atoms with Crippen molar-refractivity contribution in [3.8, 4) is 0 Å². The van der Waals surface area contributed by atoms with Gasteiger partial charge in [-0.1, -0.05) is 25.1 Å². The number of para-hydroxylation sites is 1. The third-order valence-electron chi connectivity index (χ3n) is 4.14. The van der Waals surface area contributed by atoms with E-state index in [2.05, 4.69) is 32.7 Å². The Morgan fingerprint density at radius 2 is 1.92 bits per heavy atom. The highest BCUT2D eigenvalue weighted by Gasteiger charge is 2.16. The minimum absolute atomic E-state index is 0.237. The summed E-state index contributed by atoms with van der Waals surface area (Å²) >= 11 is 0. The fourth-order valence-corrected chi connectivity index (χ4v) is 2.80. The van der Waals surface area contributed by atoms with Crippen molar-refractivity contribution in [2.45, 2.75) is 26.3 Å². The van der Waals surface area contributed by atoms with Crippen molar-refractivity contribution < 1.29 is 4.79 Å². The Bertz CT molecular complexity index is 680. The van der Waals surface area contributed by atoms with Crippen LogP contribution in [0.25, 0.3) is 0 Å². The predicted octanol–water partition coefficient (Wildman–Crippen LogP) is 2.44. The molecular weight excluding hydrogens is 302 g/mol. The second-order valence-electron chi connectivity index (χ2n) is 5.86. The summed E-state index contributed by atoms with van der Waals surface area (Å²) in [5, 5.41) is 14.5. The Hall–Kier alpha value is -2.47. The highest BCUT2D eigenvalue weighted by Crippen LogP contribution is 2.18. The van der Waals surface area contributed by atoms with Crippen molar-refractivity contribution >= 4 is 17.4 Å². The van der Waals surface area contributed by atoms with Crippen LogP contribution in [0.15, 0.2) is 36.4 Å². The van der Waals surface area contributed by atoms with Crippen molar-refractivity contribution in [2.75, 3.05) is 29.9 Å². The van der Waals surface area contributed by atoms with Gasteiger partial charge < -0.3 is 15.5 Å². The first kappa shape index (κ1) is 16.4. The van der Waals surface area contributed by atoms with Gasteiger partial charge in [-0.15, -0.1) is 10.2 Å². The highest BCUT2D eigenvalue weighted by molar-refractivity contribution is 6.03. The lowest BCUT2D eigenvalue weighted by Gasteiger charge is -2.15. The maximum atomic E-state index is 12.4. The Labute approximate surface area is 142 Å². The number of aromatic nitrogens is 2. The molecule has 0 unspecified atom stereocenters. The van der Waals surface area contributed by atoms with Crippen LogP contribution in [0.2, 0.25) is 0 Å².